The molecule has 110 valence electrons. The Bertz CT molecular complexity index is 107. The second kappa shape index (κ2) is 29.4. The van der Waals surface area contributed by atoms with Crippen molar-refractivity contribution in [1.29, 1.82) is 0 Å². The SMILES string of the molecule is O=C([O-])CO.[Co+3].[NH2-].[NH2-].[NH2-].[NH2-].[NH2-].[O-][Cl+](O)(O)O. The first kappa shape index (κ1) is 56.7. The normalized spacial score (nSPS) is 7.06. The van der Waals surface area contributed by atoms with Crippen LogP contribution in [0.5, 0.6) is 0 Å². The number of halogens is 1. The quantitative estimate of drug-likeness (QED) is 0.440. The van der Waals surface area contributed by atoms with Gasteiger partial charge in [-0.3, -0.25) is 0 Å². The number of carbonyl (C=O) groups is 1. The maximum atomic E-state index is 9.01. The second-order valence-corrected chi connectivity index (χ2v) is 1.83. The van der Waals surface area contributed by atoms with Gasteiger partial charge in [0, 0.05) is 0 Å². The van der Waals surface area contributed by atoms with Crippen LogP contribution >= 0.6 is 0 Å². The van der Waals surface area contributed by atoms with Gasteiger partial charge in [0.1, 0.15) is 0 Å². The molecule has 0 radical (unpaired) electrons. The zero-order chi connectivity index (χ0) is 8.78. The monoisotopic (exact) mass is 316 g/mol. The van der Waals surface area contributed by atoms with Gasteiger partial charge in [0.05, 0.1) is 12.6 Å². The predicted molar refractivity (Wildman–Crippen MR) is 45.2 cm³/mol. The van der Waals surface area contributed by atoms with Crippen LogP contribution in [0, 0.1) is 10.2 Å². The Morgan fingerprint density at radius 1 is 1.00 bits per heavy atom. The molecule has 0 aromatic rings. The van der Waals surface area contributed by atoms with Gasteiger partial charge in [-0.1, -0.05) is 0 Å². The number of carboxylic acid groups (broad SMARTS) is 1. The van der Waals surface area contributed by atoms with E-state index >= 15 is 0 Å². The molecule has 0 aliphatic rings. The van der Waals surface area contributed by atoms with E-state index in [4.69, 9.17) is 33.6 Å². The predicted octanol–water partition coefficient (Wildman–Crippen LogP) is -1.55. The summed E-state index contributed by atoms with van der Waals surface area (Å²) in [6, 6.07) is 0. The molecule has 0 unspecified atom stereocenters. The molecule has 0 saturated carbocycles. The molecular weight excluding hydrogens is 300 g/mol. The average Bonchev–Trinajstić information content (AvgIpc) is 1.61. The van der Waals surface area contributed by atoms with Gasteiger partial charge in [-0.15, -0.1) is 0 Å². The molecule has 12 nitrogen and oxygen atoms in total. The summed E-state index contributed by atoms with van der Waals surface area (Å²) in [6.45, 7) is -0.889. The van der Waals surface area contributed by atoms with Crippen LogP contribution in [-0.2, 0) is 21.6 Å². The van der Waals surface area contributed by atoms with Gasteiger partial charge in [0.2, 0.25) is 0 Å². The van der Waals surface area contributed by atoms with Crippen LogP contribution in [0.4, 0.5) is 0 Å². The fraction of sp³-hybridized carbons (Fsp3) is 0.500. The topological polar surface area (TPSA) is 312 Å². The van der Waals surface area contributed by atoms with Crippen LogP contribution < -0.4 is 9.77 Å². The molecule has 0 aliphatic carbocycles. The third kappa shape index (κ3) is 659. The summed E-state index contributed by atoms with van der Waals surface area (Å²) in [7, 11) is -4.19. The Kier molecular flexibility index (Phi) is 104. The van der Waals surface area contributed by atoms with E-state index < -0.39 is 22.8 Å². The third-order valence-corrected chi connectivity index (χ3v) is 0.129. The number of hydrogen-bond donors (Lipinski definition) is 4. The molecule has 0 amide bonds. The first-order valence-electron chi connectivity index (χ1n) is 1.74. The number of rotatable bonds is 1. The Morgan fingerprint density at radius 3 is 1.06 bits per heavy atom. The summed E-state index contributed by atoms with van der Waals surface area (Å²) in [5.41, 5.74) is 0. The summed E-state index contributed by atoms with van der Waals surface area (Å²) in [4.78, 5) is 9.01. The van der Waals surface area contributed by atoms with E-state index in [0.717, 1.165) is 0 Å². The fourth-order valence-electron chi connectivity index (χ4n) is 0. The van der Waals surface area contributed by atoms with Crippen LogP contribution in [0.25, 0.3) is 30.8 Å². The van der Waals surface area contributed by atoms with Crippen LogP contribution in [0.3, 0.4) is 0 Å². The maximum absolute atomic E-state index is 9.01. The van der Waals surface area contributed by atoms with E-state index in [1.807, 2.05) is 0 Å². The van der Waals surface area contributed by atoms with Gasteiger partial charge in [-0.25, -0.2) is 0 Å². The van der Waals surface area contributed by atoms with Crippen molar-refractivity contribution in [2.45, 2.75) is 0 Å². The number of hydrogen-bond acceptors (Lipinski definition) is 7. The number of carbonyl (C=O) groups excluding carboxylic acids is 1. The molecule has 0 fully saturated rings. The van der Waals surface area contributed by atoms with E-state index in [2.05, 4.69) is 0 Å². The van der Waals surface area contributed by atoms with E-state index in [1.54, 1.807) is 0 Å². The van der Waals surface area contributed by atoms with Crippen molar-refractivity contribution in [2.24, 2.45) is 0 Å². The van der Waals surface area contributed by atoms with Crippen molar-refractivity contribution < 1.29 is 60.7 Å². The Morgan fingerprint density at radius 2 is 1.06 bits per heavy atom. The van der Waals surface area contributed by atoms with Gasteiger partial charge in [-0.05, 0) is 0 Å². The molecule has 0 heterocycles. The Balaban J connectivity index is -0.00000000970. The summed E-state index contributed by atoms with van der Waals surface area (Å²) >= 11 is 0. The van der Waals surface area contributed by atoms with Gasteiger partial charge in [0.25, 0.3) is 0 Å². The summed E-state index contributed by atoms with van der Waals surface area (Å²) < 4.78 is 30.2. The number of aliphatic hydroxyl groups is 1. The minimum atomic E-state index is -4.19. The third-order valence-electron chi connectivity index (χ3n) is 0.129. The average molecular weight is 317 g/mol. The standard InChI is InChI=1S/C2H4O3.ClH3O4.Co.5H2N/c3-1-2(4)5;2-1(3,4)5;;;;;;/h3H,1H2,(H,4,5);2-4H;;5*1H2/q;;+3;5*-1/p-1. The number of aliphatic carboxylic acids is 1. The van der Waals surface area contributed by atoms with Crippen LogP contribution in [0.2, 0.25) is 0 Å². The molecule has 0 spiro atoms. The van der Waals surface area contributed by atoms with E-state index in [-0.39, 0.29) is 47.5 Å². The molecule has 0 saturated heterocycles. The first-order valence-corrected chi connectivity index (χ1v) is 3.06. The van der Waals surface area contributed by atoms with Crippen molar-refractivity contribution in [3.05, 3.63) is 30.8 Å². The molecule has 0 rings (SSSR count). The zero-order valence-corrected chi connectivity index (χ0v) is 9.62. The van der Waals surface area contributed by atoms with Crippen molar-refractivity contribution in [3.63, 3.8) is 0 Å². The number of nitrogens with two attached hydrogens (primary N) is 5. The van der Waals surface area contributed by atoms with Gasteiger partial charge >= 0.3 is 45.7 Å². The summed E-state index contributed by atoms with van der Waals surface area (Å²) in [5, 5.41) is 16.5. The van der Waals surface area contributed by atoms with Gasteiger partial charge in [0.15, 0.2) is 0 Å². The van der Waals surface area contributed by atoms with Crippen molar-refractivity contribution in [1.82, 2.24) is 0 Å². The molecule has 0 bridgehead atoms. The molecule has 14 heteroatoms. The molecule has 14 N–H and O–H groups in total. The zero-order valence-electron chi connectivity index (χ0n) is 7.82. The van der Waals surface area contributed by atoms with Crippen LogP contribution in [0.15, 0.2) is 0 Å². The number of aliphatic hydroxyl groups excluding tert-OH is 1. The second-order valence-electron chi connectivity index (χ2n) is 0.964. The minimum absolute atomic E-state index is 0. The Hall–Kier alpha value is -0.134. The molecule has 0 aliphatic heterocycles. The van der Waals surface area contributed by atoms with Crippen molar-refractivity contribution in [3.8, 4) is 0 Å². The Labute approximate surface area is 104 Å². The number of carboxylic acids is 1. The van der Waals surface area contributed by atoms with Crippen LogP contribution in [-0.4, -0.2) is 31.7 Å². The van der Waals surface area contributed by atoms with E-state index in [9.17, 15) is 0 Å². The molecular formula is C2H16ClCoN5O7-3. The fourth-order valence-corrected chi connectivity index (χ4v) is 0. The van der Waals surface area contributed by atoms with Gasteiger partial charge < -0.3 is 45.8 Å². The molecule has 16 heavy (non-hydrogen) atoms. The van der Waals surface area contributed by atoms with E-state index in [1.165, 1.54) is 0 Å². The molecule has 0 aromatic carbocycles. The van der Waals surface area contributed by atoms with Crippen molar-refractivity contribution in [2.75, 3.05) is 6.61 Å². The van der Waals surface area contributed by atoms with E-state index in [0.29, 0.717) is 0 Å². The van der Waals surface area contributed by atoms with Crippen molar-refractivity contribution >= 4 is 5.97 Å². The molecule has 0 aromatic heterocycles. The summed E-state index contributed by atoms with van der Waals surface area (Å²) in [6.07, 6.45) is 0. The molecule has 0 atom stereocenters. The van der Waals surface area contributed by atoms with Gasteiger partial charge in [-0.2, -0.15) is 0 Å². The summed E-state index contributed by atoms with van der Waals surface area (Å²) in [5.74, 6) is -1.44. The van der Waals surface area contributed by atoms with Crippen LogP contribution in [0.1, 0.15) is 0 Å². The first-order chi connectivity index (χ1) is 4.27.